The number of aryl methyl sites for hydroxylation is 1. The Kier molecular flexibility index (Phi) is 4.76. The van der Waals surface area contributed by atoms with E-state index in [1.54, 1.807) is 25.1 Å². The molecule has 0 spiro atoms. The van der Waals surface area contributed by atoms with Crippen LogP contribution in [0.5, 0.6) is 0 Å². The van der Waals surface area contributed by atoms with Crippen molar-refractivity contribution in [3.63, 3.8) is 0 Å². The summed E-state index contributed by atoms with van der Waals surface area (Å²) in [5.41, 5.74) is 0.900. The highest BCUT2D eigenvalue weighted by Gasteiger charge is 2.30. The van der Waals surface area contributed by atoms with Gasteiger partial charge in [0.05, 0.1) is 23.8 Å². The molecule has 154 valence electrons. The van der Waals surface area contributed by atoms with Crippen molar-refractivity contribution in [1.82, 2.24) is 14.5 Å². The van der Waals surface area contributed by atoms with E-state index in [0.29, 0.717) is 22.0 Å². The number of fused-ring (bicyclic) bond motifs is 2. The highest BCUT2D eigenvalue weighted by molar-refractivity contribution is 6.03. The molecule has 0 bridgehead atoms. The highest BCUT2D eigenvalue weighted by Crippen LogP contribution is 2.28. The molecule has 0 amide bonds. The summed E-state index contributed by atoms with van der Waals surface area (Å²) in [5, 5.41) is 0.874. The standard InChI is InChI=1S/C20H14F3N3O4/c1-11-2-3-13(19(28)29-9-20(21,22)23)17-14(11)6-12(30-17)8-26-10-25-16-4-5-24-7-15(16)18(26)27/h2-7,10H,8-9H2,1H3. The number of ether oxygens (including phenoxy) is 1. The fraction of sp³-hybridized carbons (Fsp3) is 0.200. The molecular weight excluding hydrogens is 403 g/mol. The van der Waals surface area contributed by atoms with Crippen LogP contribution in [-0.4, -0.2) is 33.3 Å². The molecule has 0 aliphatic heterocycles. The van der Waals surface area contributed by atoms with Gasteiger partial charge in [-0.1, -0.05) is 6.07 Å². The van der Waals surface area contributed by atoms with Crippen LogP contribution in [0.2, 0.25) is 0 Å². The van der Waals surface area contributed by atoms with Crippen LogP contribution in [0.4, 0.5) is 13.2 Å². The summed E-state index contributed by atoms with van der Waals surface area (Å²) in [6.07, 6.45) is -0.324. The number of furan rings is 1. The predicted molar refractivity (Wildman–Crippen MR) is 100 cm³/mol. The average molecular weight is 417 g/mol. The number of carbonyl (C=O) groups is 1. The lowest BCUT2D eigenvalue weighted by molar-refractivity contribution is -0.161. The van der Waals surface area contributed by atoms with Crippen molar-refractivity contribution < 1.29 is 27.1 Å². The molecular formula is C20H14F3N3O4. The molecule has 3 heterocycles. The molecule has 0 saturated carbocycles. The van der Waals surface area contributed by atoms with Gasteiger partial charge in [-0.3, -0.25) is 14.3 Å². The second-order valence-corrected chi connectivity index (χ2v) is 6.65. The number of pyridine rings is 1. The average Bonchev–Trinajstić information content (AvgIpc) is 3.13. The van der Waals surface area contributed by atoms with Gasteiger partial charge in [-0.25, -0.2) is 9.78 Å². The van der Waals surface area contributed by atoms with Crippen molar-refractivity contribution in [2.24, 2.45) is 0 Å². The maximum atomic E-state index is 12.6. The number of aromatic nitrogens is 3. The Morgan fingerprint density at radius 1 is 1.23 bits per heavy atom. The topological polar surface area (TPSA) is 87.2 Å². The van der Waals surface area contributed by atoms with Crippen LogP contribution in [0.15, 0.2) is 52.2 Å². The Morgan fingerprint density at radius 2 is 2.03 bits per heavy atom. The number of hydrogen-bond donors (Lipinski definition) is 0. The molecule has 0 aliphatic rings. The van der Waals surface area contributed by atoms with Gasteiger partial charge in [0.25, 0.3) is 5.56 Å². The monoisotopic (exact) mass is 417 g/mol. The van der Waals surface area contributed by atoms with E-state index in [1.165, 1.54) is 29.4 Å². The third-order valence-corrected chi connectivity index (χ3v) is 4.49. The molecule has 4 rings (SSSR count). The van der Waals surface area contributed by atoms with Crippen molar-refractivity contribution in [1.29, 1.82) is 0 Å². The minimum atomic E-state index is -4.63. The number of carbonyl (C=O) groups excluding carboxylic acids is 1. The van der Waals surface area contributed by atoms with Gasteiger partial charge in [-0.15, -0.1) is 0 Å². The maximum absolute atomic E-state index is 12.6. The molecule has 0 saturated heterocycles. The molecule has 1 aromatic carbocycles. The van der Waals surface area contributed by atoms with Crippen molar-refractivity contribution >= 4 is 27.8 Å². The molecule has 0 aliphatic carbocycles. The van der Waals surface area contributed by atoms with Crippen LogP contribution in [0.1, 0.15) is 21.7 Å². The zero-order chi connectivity index (χ0) is 21.5. The quantitative estimate of drug-likeness (QED) is 0.472. The van der Waals surface area contributed by atoms with Gasteiger partial charge >= 0.3 is 12.1 Å². The van der Waals surface area contributed by atoms with Crippen molar-refractivity contribution in [3.8, 4) is 0 Å². The molecule has 0 unspecified atom stereocenters. The molecule has 4 aromatic rings. The molecule has 30 heavy (non-hydrogen) atoms. The second-order valence-electron chi connectivity index (χ2n) is 6.65. The van der Waals surface area contributed by atoms with Crippen LogP contribution in [0.3, 0.4) is 0 Å². The number of nitrogens with zero attached hydrogens (tertiary/aromatic N) is 3. The number of benzene rings is 1. The van der Waals surface area contributed by atoms with Crippen LogP contribution in [-0.2, 0) is 11.3 Å². The van der Waals surface area contributed by atoms with E-state index in [1.807, 2.05) is 0 Å². The first-order chi connectivity index (χ1) is 14.2. The lowest BCUT2D eigenvalue weighted by atomic mass is 10.1. The molecule has 3 aromatic heterocycles. The fourth-order valence-electron chi connectivity index (χ4n) is 3.06. The number of halogens is 3. The summed E-state index contributed by atoms with van der Waals surface area (Å²) in [6, 6.07) is 6.18. The van der Waals surface area contributed by atoms with E-state index in [0.717, 1.165) is 5.56 Å². The van der Waals surface area contributed by atoms with Gasteiger partial charge in [0.1, 0.15) is 16.9 Å². The summed E-state index contributed by atoms with van der Waals surface area (Å²) in [5.74, 6) is -0.815. The summed E-state index contributed by atoms with van der Waals surface area (Å²) >= 11 is 0. The van der Waals surface area contributed by atoms with Crippen molar-refractivity contribution in [2.45, 2.75) is 19.6 Å². The molecule has 0 N–H and O–H groups in total. The van der Waals surface area contributed by atoms with Gasteiger partial charge < -0.3 is 9.15 Å². The molecule has 10 heteroatoms. The molecule has 0 atom stereocenters. The van der Waals surface area contributed by atoms with E-state index >= 15 is 0 Å². The Balaban J connectivity index is 1.70. The van der Waals surface area contributed by atoms with Gasteiger partial charge in [0.2, 0.25) is 0 Å². The number of rotatable bonds is 4. The molecule has 0 radical (unpaired) electrons. The first kappa shape index (κ1) is 19.6. The second kappa shape index (κ2) is 7.29. The Hall–Kier alpha value is -3.69. The Morgan fingerprint density at radius 3 is 2.80 bits per heavy atom. The lowest BCUT2D eigenvalue weighted by Crippen LogP contribution is -2.21. The largest absolute Gasteiger partial charge is 0.458 e. The van der Waals surface area contributed by atoms with Crippen LogP contribution >= 0.6 is 0 Å². The fourth-order valence-corrected chi connectivity index (χ4v) is 3.06. The SMILES string of the molecule is Cc1ccc(C(=O)OCC(F)(F)F)c2oc(Cn3cnc4ccncc4c3=O)cc12. The molecule has 7 nitrogen and oxygen atoms in total. The summed E-state index contributed by atoms with van der Waals surface area (Å²) < 4.78 is 48.5. The summed E-state index contributed by atoms with van der Waals surface area (Å²) in [4.78, 5) is 32.9. The third kappa shape index (κ3) is 3.76. The molecule has 0 fully saturated rings. The van der Waals surface area contributed by atoms with Gasteiger partial charge in [-0.2, -0.15) is 13.2 Å². The van der Waals surface area contributed by atoms with Crippen LogP contribution in [0.25, 0.3) is 21.9 Å². The zero-order valence-electron chi connectivity index (χ0n) is 15.6. The van der Waals surface area contributed by atoms with Crippen molar-refractivity contribution in [2.75, 3.05) is 6.61 Å². The predicted octanol–water partition coefficient (Wildman–Crippen LogP) is 3.61. The van der Waals surface area contributed by atoms with E-state index in [2.05, 4.69) is 14.7 Å². The highest BCUT2D eigenvalue weighted by atomic mass is 19.4. The van der Waals surface area contributed by atoms with Crippen molar-refractivity contribution in [3.05, 3.63) is 70.2 Å². The minimum Gasteiger partial charge on any atom is -0.458 e. The van der Waals surface area contributed by atoms with E-state index in [-0.39, 0.29) is 23.3 Å². The third-order valence-electron chi connectivity index (χ3n) is 4.49. The first-order valence-corrected chi connectivity index (χ1v) is 8.78. The maximum Gasteiger partial charge on any atom is 0.422 e. The minimum absolute atomic E-state index is 0.0157. The normalized spacial score (nSPS) is 11.9. The smallest absolute Gasteiger partial charge is 0.422 e. The Labute approximate surface area is 166 Å². The van der Waals surface area contributed by atoms with Crippen LogP contribution in [0, 0.1) is 6.92 Å². The van der Waals surface area contributed by atoms with Gasteiger partial charge in [-0.05, 0) is 30.7 Å². The number of hydrogen-bond acceptors (Lipinski definition) is 6. The van der Waals surface area contributed by atoms with Gasteiger partial charge in [0, 0.05) is 17.8 Å². The Bertz CT molecular complexity index is 1320. The first-order valence-electron chi connectivity index (χ1n) is 8.78. The van der Waals surface area contributed by atoms with Crippen LogP contribution < -0.4 is 5.56 Å². The summed E-state index contributed by atoms with van der Waals surface area (Å²) in [6.45, 7) is 0.0880. The van der Waals surface area contributed by atoms with Gasteiger partial charge in [0.15, 0.2) is 6.61 Å². The van der Waals surface area contributed by atoms with E-state index < -0.39 is 18.8 Å². The zero-order valence-corrected chi connectivity index (χ0v) is 15.6. The number of esters is 1. The van der Waals surface area contributed by atoms with E-state index in [9.17, 15) is 22.8 Å². The number of alkyl halides is 3. The van der Waals surface area contributed by atoms with E-state index in [4.69, 9.17) is 4.42 Å². The lowest BCUT2D eigenvalue weighted by Gasteiger charge is -2.08. The summed E-state index contributed by atoms with van der Waals surface area (Å²) in [7, 11) is 0.